The number of amides is 1. The van der Waals surface area contributed by atoms with Crippen LogP contribution in [-0.4, -0.2) is 16.1 Å². The molecule has 0 bridgehead atoms. The molecule has 2 aromatic carbocycles. The third-order valence-corrected chi connectivity index (χ3v) is 2.86. The predicted molar refractivity (Wildman–Crippen MR) is 73.4 cm³/mol. The number of hydrogen-bond acceptors (Lipinski definition) is 3. The van der Waals surface area contributed by atoms with Crippen molar-refractivity contribution < 1.29 is 19.2 Å². The number of benzene rings is 2. The van der Waals surface area contributed by atoms with E-state index in [1.807, 2.05) is 0 Å². The Balaban J connectivity index is 2.32. The van der Waals surface area contributed by atoms with Crippen molar-refractivity contribution in [3.05, 3.63) is 64.0 Å². The highest BCUT2D eigenvalue weighted by atomic mass is 19.1. The van der Waals surface area contributed by atoms with Gasteiger partial charge in [0.15, 0.2) is 0 Å². The molecule has 0 saturated heterocycles. The van der Waals surface area contributed by atoms with E-state index in [1.54, 1.807) is 24.3 Å². The highest BCUT2D eigenvalue weighted by Crippen LogP contribution is 2.30. The second-order valence-electron chi connectivity index (χ2n) is 4.27. The SMILES string of the molecule is O=C(O)NCc1ccc(-c2cc(F)ccc2[N+](=O)[O-])cc1. The summed E-state index contributed by atoms with van der Waals surface area (Å²) >= 11 is 0. The van der Waals surface area contributed by atoms with Gasteiger partial charge in [-0.25, -0.2) is 9.18 Å². The Labute approximate surface area is 119 Å². The first kappa shape index (κ1) is 14.4. The zero-order chi connectivity index (χ0) is 15.4. The van der Waals surface area contributed by atoms with Crippen LogP contribution in [0, 0.1) is 15.9 Å². The van der Waals surface area contributed by atoms with Crippen molar-refractivity contribution in [2.24, 2.45) is 0 Å². The second kappa shape index (κ2) is 6.00. The third kappa shape index (κ3) is 3.53. The molecule has 0 aliphatic heterocycles. The smallest absolute Gasteiger partial charge is 0.404 e. The molecular formula is C14H11FN2O4. The minimum atomic E-state index is -1.14. The highest BCUT2D eigenvalue weighted by Gasteiger charge is 2.15. The molecule has 0 heterocycles. The van der Waals surface area contributed by atoms with Gasteiger partial charge in [0.1, 0.15) is 5.82 Å². The summed E-state index contributed by atoms with van der Waals surface area (Å²) < 4.78 is 13.3. The maximum absolute atomic E-state index is 13.3. The maximum Gasteiger partial charge on any atom is 0.404 e. The van der Waals surface area contributed by atoms with Gasteiger partial charge in [-0.05, 0) is 23.3 Å². The molecule has 2 rings (SSSR count). The molecule has 108 valence electrons. The van der Waals surface area contributed by atoms with Gasteiger partial charge in [0.2, 0.25) is 0 Å². The Hall–Kier alpha value is -2.96. The standard InChI is InChI=1S/C14H11FN2O4/c15-11-5-6-13(17(20)21)12(7-11)10-3-1-9(2-4-10)8-16-14(18)19/h1-7,16H,8H2,(H,18,19). The van der Waals surface area contributed by atoms with Crippen LogP contribution in [0.4, 0.5) is 14.9 Å². The van der Waals surface area contributed by atoms with Crippen LogP contribution in [0.15, 0.2) is 42.5 Å². The van der Waals surface area contributed by atoms with Crippen molar-refractivity contribution >= 4 is 11.8 Å². The number of rotatable bonds is 4. The van der Waals surface area contributed by atoms with Gasteiger partial charge in [0.25, 0.3) is 5.69 Å². The molecule has 0 aliphatic carbocycles. The van der Waals surface area contributed by atoms with Crippen LogP contribution in [0.25, 0.3) is 11.1 Å². The molecule has 0 spiro atoms. The van der Waals surface area contributed by atoms with Crippen LogP contribution in [0.1, 0.15) is 5.56 Å². The number of nitro benzene ring substituents is 1. The topological polar surface area (TPSA) is 92.5 Å². The third-order valence-electron chi connectivity index (χ3n) is 2.86. The van der Waals surface area contributed by atoms with Crippen LogP contribution in [0.3, 0.4) is 0 Å². The quantitative estimate of drug-likeness (QED) is 0.668. The second-order valence-corrected chi connectivity index (χ2v) is 4.27. The summed E-state index contributed by atoms with van der Waals surface area (Å²) in [7, 11) is 0. The van der Waals surface area contributed by atoms with E-state index in [0.717, 1.165) is 18.2 Å². The lowest BCUT2D eigenvalue weighted by Gasteiger charge is -2.06. The molecular weight excluding hydrogens is 279 g/mol. The Morgan fingerprint density at radius 3 is 2.48 bits per heavy atom. The Bertz CT molecular complexity index is 686. The minimum absolute atomic E-state index is 0.126. The Morgan fingerprint density at radius 2 is 1.90 bits per heavy atom. The number of halogens is 1. The molecule has 21 heavy (non-hydrogen) atoms. The highest BCUT2D eigenvalue weighted by molar-refractivity contribution is 5.73. The van der Waals surface area contributed by atoms with Crippen LogP contribution >= 0.6 is 0 Å². The summed E-state index contributed by atoms with van der Waals surface area (Å²) in [6, 6.07) is 9.67. The van der Waals surface area contributed by atoms with Crippen molar-refractivity contribution in [2.45, 2.75) is 6.54 Å². The maximum atomic E-state index is 13.3. The van der Waals surface area contributed by atoms with Crippen LogP contribution in [-0.2, 0) is 6.54 Å². The van der Waals surface area contributed by atoms with E-state index in [-0.39, 0.29) is 17.8 Å². The fourth-order valence-corrected chi connectivity index (χ4v) is 1.88. The van der Waals surface area contributed by atoms with Crippen LogP contribution < -0.4 is 5.32 Å². The van der Waals surface area contributed by atoms with Gasteiger partial charge >= 0.3 is 6.09 Å². The van der Waals surface area contributed by atoms with E-state index in [4.69, 9.17) is 5.11 Å². The molecule has 0 saturated carbocycles. The monoisotopic (exact) mass is 290 g/mol. The van der Waals surface area contributed by atoms with Gasteiger partial charge < -0.3 is 10.4 Å². The molecule has 7 heteroatoms. The first-order chi connectivity index (χ1) is 9.97. The number of nitro groups is 1. The van der Waals surface area contributed by atoms with Gasteiger partial charge in [-0.15, -0.1) is 0 Å². The van der Waals surface area contributed by atoms with E-state index >= 15 is 0 Å². The number of carboxylic acid groups (broad SMARTS) is 1. The van der Waals surface area contributed by atoms with E-state index in [2.05, 4.69) is 5.32 Å². The number of carbonyl (C=O) groups is 1. The Morgan fingerprint density at radius 1 is 1.24 bits per heavy atom. The number of nitrogens with zero attached hydrogens (tertiary/aromatic N) is 1. The molecule has 6 nitrogen and oxygen atoms in total. The molecule has 0 radical (unpaired) electrons. The van der Waals surface area contributed by atoms with Crippen molar-refractivity contribution in [3.8, 4) is 11.1 Å². The molecule has 0 atom stereocenters. The largest absolute Gasteiger partial charge is 0.465 e. The van der Waals surface area contributed by atoms with E-state index < -0.39 is 16.8 Å². The number of hydrogen-bond donors (Lipinski definition) is 2. The van der Waals surface area contributed by atoms with Gasteiger partial charge in [-0.3, -0.25) is 10.1 Å². The molecule has 2 aromatic rings. The zero-order valence-electron chi connectivity index (χ0n) is 10.7. The summed E-state index contributed by atoms with van der Waals surface area (Å²) in [5, 5.41) is 21.7. The molecule has 1 amide bonds. The average Bonchev–Trinajstić information content (AvgIpc) is 2.45. The molecule has 0 fully saturated rings. The lowest BCUT2D eigenvalue weighted by molar-refractivity contribution is -0.384. The first-order valence-corrected chi connectivity index (χ1v) is 5.97. The summed E-state index contributed by atoms with van der Waals surface area (Å²) in [5.41, 5.74) is 1.17. The van der Waals surface area contributed by atoms with Gasteiger partial charge in [-0.2, -0.15) is 0 Å². The molecule has 2 N–H and O–H groups in total. The van der Waals surface area contributed by atoms with E-state index in [1.165, 1.54) is 0 Å². The van der Waals surface area contributed by atoms with E-state index in [9.17, 15) is 19.3 Å². The van der Waals surface area contributed by atoms with Crippen molar-refractivity contribution in [3.63, 3.8) is 0 Å². The Kier molecular flexibility index (Phi) is 4.13. The summed E-state index contributed by atoms with van der Waals surface area (Å²) in [4.78, 5) is 20.8. The predicted octanol–water partition coefficient (Wildman–Crippen LogP) is 3.17. The fourth-order valence-electron chi connectivity index (χ4n) is 1.88. The zero-order valence-corrected chi connectivity index (χ0v) is 10.7. The molecule has 0 unspecified atom stereocenters. The summed E-state index contributed by atoms with van der Waals surface area (Å²) in [6.45, 7) is 0.126. The van der Waals surface area contributed by atoms with Gasteiger partial charge in [0, 0.05) is 12.6 Å². The lowest BCUT2D eigenvalue weighted by Crippen LogP contribution is -2.19. The first-order valence-electron chi connectivity index (χ1n) is 5.97. The molecule has 0 aliphatic rings. The van der Waals surface area contributed by atoms with E-state index in [0.29, 0.717) is 11.1 Å². The lowest BCUT2D eigenvalue weighted by atomic mass is 10.0. The minimum Gasteiger partial charge on any atom is -0.465 e. The van der Waals surface area contributed by atoms with Gasteiger partial charge in [0.05, 0.1) is 10.5 Å². The van der Waals surface area contributed by atoms with Gasteiger partial charge in [-0.1, -0.05) is 24.3 Å². The normalized spacial score (nSPS) is 10.1. The number of nitrogens with one attached hydrogen (secondary N) is 1. The van der Waals surface area contributed by atoms with Crippen molar-refractivity contribution in [1.82, 2.24) is 5.32 Å². The van der Waals surface area contributed by atoms with Crippen LogP contribution in [0.2, 0.25) is 0 Å². The van der Waals surface area contributed by atoms with Crippen molar-refractivity contribution in [1.29, 1.82) is 0 Å². The van der Waals surface area contributed by atoms with Crippen LogP contribution in [0.5, 0.6) is 0 Å². The summed E-state index contributed by atoms with van der Waals surface area (Å²) in [6.07, 6.45) is -1.14. The average molecular weight is 290 g/mol. The summed E-state index contributed by atoms with van der Waals surface area (Å²) in [5.74, 6) is -0.563. The van der Waals surface area contributed by atoms with Crippen molar-refractivity contribution in [2.75, 3.05) is 0 Å². The molecule has 0 aromatic heterocycles. The fraction of sp³-hybridized carbons (Fsp3) is 0.0714.